The Labute approximate surface area is 378 Å². The van der Waals surface area contributed by atoms with E-state index in [2.05, 4.69) is 168 Å². The maximum Gasteiger partial charge on any atom is 0.198 e. The van der Waals surface area contributed by atoms with Gasteiger partial charge in [-0.2, -0.15) is 0 Å². The molecule has 0 amide bonds. The molecule has 0 saturated carbocycles. The summed E-state index contributed by atoms with van der Waals surface area (Å²) >= 11 is 5.99. The summed E-state index contributed by atoms with van der Waals surface area (Å²) in [5, 5.41) is 8.05. The van der Waals surface area contributed by atoms with Gasteiger partial charge < -0.3 is 22.7 Å². The SMILES string of the molecule is CC(C)C1=NC=NC1.CC(C)n1ccnc1.CC(C)n1cnc2ccccc21.CC(C)n1cnnc1.Cc1cc2oc(C(C)C)nc2cc1Cl.Cc1nc2ccccc2n1C(C)C. The fourth-order valence-corrected chi connectivity index (χ4v) is 6.35. The van der Waals surface area contributed by atoms with Crippen molar-refractivity contribution in [2.24, 2.45) is 15.9 Å². The average Bonchev–Trinajstić information content (AvgIpc) is 4.10. The van der Waals surface area contributed by atoms with Gasteiger partial charge in [-0.15, -0.1) is 10.2 Å². The van der Waals surface area contributed by atoms with E-state index >= 15 is 0 Å². The molecule has 336 valence electrons. The van der Waals surface area contributed by atoms with Crippen molar-refractivity contribution in [2.75, 3.05) is 6.54 Å². The van der Waals surface area contributed by atoms with Crippen LogP contribution in [0.2, 0.25) is 5.02 Å². The molecule has 6 heterocycles. The second-order valence-electron chi connectivity index (χ2n) is 17.0. The Morgan fingerprint density at radius 1 is 0.635 bits per heavy atom. The molecule has 0 fully saturated rings. The third-order valence-corrected chi connectivity index (χ3v) is 10.3. The molecule has 0 saturated heterocycles. The predicted octanol–water partition coefficient (Wildman–Crippen LogP) is 12.9. The Bertz CT molecular complexity index is 2530. The van der Waals surface area contributed by atoms with Gasteiger partial charge in [0.2, 0.25) is 0 Å². The molecule has 0 bridgehead atoms. The second kappa shape index (κ2) is 24.0. The first-order valence-corrected chi connectivity index (χ1v) is 22.1. The van der Waals surface area contributed by atoms with Gasteiger partial charge in [0.1, 0.15) is 30.3 Å². The maximum atomic E-state index is 5.99. The monoisotopic (exact) mass is 875 g/mol. The van der Waals surface area contributed by atoms with Crippen LogP contribution < -0.4 is 0 Å². The predicted molar refractivity (Wildman–Crippen MR) is 261 cm³/mol. The van der Waals surface area contributed by atoms with Crippen molar-refractivity contribution in [3.05, 3.63) is 121 Å². The number of hydrogen-bond acceptors (Lipinski definition) is 9. The molecule has 0 spiro atoms. The molecule has 8 aromatic rings. The number of hydrogen-bond donors (Lipinski definition) is 0. The second-order valence-corrected chi connectivity index (χ2v) is 17.4. The van der Waals surface area contributed by atoms with Crippen LogP contribution in [0.25, 0.3) is 33.2 Å². The summed E-state index contributed by atoms with van der Waals surface area (Å²) in [6.45, 7) is 30.3. The van der Waals surface area contributed by atoms with Gasteiger partial charge in [-0.1, -0.05) is 63.6 Å². The quantitative estimate of drug-likeness (QED) is 0.162. The maximum absolute atomic E-state index is 5.99. The van der Waals surface area contributed by atoms with E-state index in [0.29, 0.717) is 36.0 Å². The number of rotatable bonds is 6. The lowest BCUT2D eigenvalue weighted by Gasteiger charge is -2.10. The standard InChI is InChI=1S/C11H12ClNO.C11H14N2.C10H12N2.2C6H10N2.C5H9N3/c1-6(2)11-13-9-5-8(12)7(3)4-10(9)14-11;1-8(2)13-9(3)12-10-6-4-5-7-11(10)13;1-8(2)12-7-11-9-5-3-4-6-10(9)12;1-5(2)6-3-7-4-8-6;1-6(2)8-4-3-7-5-8;1-5(2)8-3-6-7-4-8/h4-6H,1-3H3;4-8H,1-3H3;3-8H,1-2H3;4-5H,3H2,1-2H3;3-6H,1-2H3;3-5H,1-2H3. The first kappa shape index (κ1) is 49.7. The Balaban J connectivity index is 0.000000169. The summed E-state index contributed by atoms with van der Waals surface area (Å²) in [4.78, 5) is 25.1. The lowest BCUT2D eigenvalue weighted by molar-refractivity contribution is 0.501. The Hall–Kier alpha value is -5.95. The highest BCUT2D eigenvalue weighted by Gasteiger charge is 2.11. The van der Waals surface area contributed by atoms with Gasteiger partial charge in [-0.3, -0.25) is 4.99 Å². The summed E-state index contributed by atoms with van der Waals surface area (Å²) in [7, 11) is 0. The fourth-order valence-electron chi connectivity index (χ4n) is 6.19. The van der Waals surface area contributed by atoms with Crippen LogP contribution in [0.4, 0.5) is 0 Å². The molecule has 0 atom stereocenters. The van der Waals surface area contributed by atoms with Crippen molar-refractivity contribution in [1.29, 1.82) is 0 Å². The molecule has 0 aliphatic carbocycles. The largest absolute Gasteiger partial charge is 0.440 e. The van der Waals surface area contributed by atoms with Crippen LogP contribution in [-0.4, -0.2) is 67.0 Å². The molecule has 1 aliphatic rings. The number of oxazole rings is 1. The lowest BCUT2D eigenvalue weighted by Crippen LogP contribution is -2.07. The lowest BCUT2D eigenvalue weighted by atomic mass is 10.1. The minimum absolute atomic E-state index is 0.307. The van der Waals surface area contributed by atoms with Crippen LogP contribution in [0.3, 0.4) is 0 Å². The van der Waals surface area contributed by atoms with Gasteiger partial charge >= 0.3 is 0 Å². The number of imidazole rings is 3. The molecular weight excluding hydrogens is 808 g/mol. The zero-order chi connectivity index (χ0) is 46.2. The summed E-state index contributed by atoms with van der Waals surface area (Å²) in [5.74, 6) is 2.73. The smallest absolute Gasteiger partial charge is 0.198 e. The van der Waals surface area contributed by atoms with E-state index < -0.39 is 0 Å². The third-order valence-electron chi connectivity index (χ3n) is 9.88. The number of nitrogens with zero attached hydrogens (tertiary/aromatic N) is 12. The van der Waals surface area contributed by atoms with Crippen molar-refractivity contribution in [2.45, 2.75) is 127 Å². The van der Waals surface area contributed by atoms with E-state index in [0.717, 1.165) is 51.0 Å². The Morgan fingerprint density at radius 2 is 1.27 bits per heavy atom. The van der Waals surface area contributed by atoms with Crippen LogP contribution in [0.15, 0.2) is 113 Å². The number of fused-ring (bicyclic) bond motifs is 3. The fraction of sp³-hybridized carbons (Fsp3) is 0.429. The van der Waals surface area contributed by atoms with Crippen LogP contribution in [-0.2, 0) is 0 Å². The molecule has 63 heavy (non-hydrogen) atoms. The summed E-state index contributed by atoms with van der Waals surface area (Å²) in [6, 6.07) is 22.2. The summed E-state index contributed by atoms with van der Waals surface area (Å²) in [6.07, 6.45) is 12.5. The Morgan fingerprint density at radius 3 is 1.76 bits per heavy atom. The molecular formula is C49H67ClN12O. The van der Waals surface area contributed by atoms with Gasteiger partial charge in [-0.05, 0) is 117 Å². The minimum Gasteiger partial charge on any atom is -0.440 e. The summed E-state index contributed by atoms with van der Waals surface area (Å²) in [5.41, 5.74) is 8.48. The van der Waals surface area contributed by atoms with E-state index in [9.17, 15) is 0 Å². The normalized spacial score (nSPS) is 11.9. The zero-order valence-corrected chi connectivity index (χ0v) is 40.4. The highest BCUT2D eigenvalue weighted by atomic mass is 35.5. The molecule has 14 heteroatoms. The van der Waals surface area contributed by atoms with E-state index in [-0.39, 0.29) is 0 Å². The van der Waals surface area contributed by atoms with Crippen LogP contribution in [0, 0.1) is 19.8 Å². The highest BCUT2D eigenvalue weighted by molar-refractivity contribution is 6.32. The van der Waals surface area contributed by atoms with E-state index in [4.69, 9.17) is 16.0 Å². The average molecular weight is 876 g/mol. The van der Waals surface area contributed by atoms with Crippen molar-refractivity contribution < 1.29 is 4.42 Å². The zero-order valence-electron chi connectivity index (χ0n) is 39.6. The van der Waals surface area contributed by atoms with Crippen molar-refractivity contribution in [3.63, 3.8) is 0 Å². The number of aromatic nitrogens is 10. The van der Waals surface area contributed by atoms with E-state index in [1.165, 1.54) is 16.7 Å². The molecule has 9 rings (SSSR count). The number of aliphatic imine (C=N–C) groups is 2. The molecule has 0 radical (unpaired) electrons. The van der Waals surface area contributed by atoms with E-state index in [1.54, 1.807) is 25.2 Å². The number of para-hydroxylation sites is 4. The first-order chi connectivity index (χ1) is 30.0. The van der Waals surface area contributed by atoms with Crippen LogP contribution >= 0.6 is 11.6 Å². The Kier molecular flexibility index (Phi) is 19.0. The van der Waals surface area contributed by atoms with Gasteiger partial charge in [0, 0.05) is 53.2 Å². The van der Waals surface area contributed by atoms with Gasteiger partial charge in [0.25, 0.3) is 0 Å². The number of aryl methyl sites for hydroxylation is 2. The molecule has 0 unspecified atom stereocenters. The van der Waals surface area contributed by atoms with Gasteiger partial charge in [0.05, 0.1) is 41.3 Å². The van der Waals surface area contributed by atoms with E-state index in [1.807, 2.05) is 66.7 Å². The molecule has 13 nitrogen and oxygen atoms in total. The van der Waals surface area contributed by atoms with Crippen molar-refractivity contribution in [3.8, 4) is 0 Å². The van der Waals surface area contributed by atoms with Crippen LogP contribution in [0.1, 0.15) is 130 Å². The first-order valence-electron chi connectivity index (χ1n) is 21.8. The molecule has 1 aliphatic heterocycles. The number of halogens is 1. The van der Waals surface area contributed by atoms with Crippen molar-refractivity contribution >= 4 is 56.8 Å². The molecule has 0 N–H and O–H groups in total. The molecule has 3 aromatic carbocycles. The topological polar surface area (TPSA) is 135 Å². The molecule has 5 aromatic heterocycles. The third kappa shape index (κ3) is 14.6. The summed E-state index contributed by atoms with van der Waals surface area (Å²) < 4.78 is 14.0. The van der Waals surface area contributed by atoms with Gasteiger partial charge in [0.15, 0.2) is 11.5 Å². The minimum atomic E-state index is 0.307. The van der Waals surface area contributed by atoms with Crippen molar-refractivity contribution in [1.82, 2.24) is 48.4 Å². The number of benzene rings is 3. The van der Waals surface area contributed by atoms with Crippen LogP contribution in [0.5, 0.6) is 0 Å². The van der Waals surface area contributed by atoms with Gasteiger partial charge in [-0.25, -0.2) is 24.9 Å². The highest BCUT2D eigenvalue weighted by Crippen LogP contribution is 2.26.